The minimum absolute atomic E-state index is 0.402. The highest BCUT2D eigenvalue weighted by Gasteiger charge is 2.06. The summed E-state index contributed by atoms with van der Waals surface area (Å²) in [6, 6.07) is 3.27. The van der Waals surface area contributed by atoms with E-state index >= 15 is 0 Å². The average Bonchev–Trinajstić information content (AvgIpc) is 2.53. The van der Waals surface area contributed by atoms with E-state index in [4.69, 9.17) is 21.8 Å². The Labute approximate surface area is 95.9 Å². The second-order valence-electron chi connectivity index (χ2n) is 3.32. The van der Waals surface area contributed by atoms with Crippen LogP contribution in [-0.4, -0.2) is 11.5 Å². The molecule has 1 aromatic heterocycles. The number of oxazole rings is 1. The van der Waals surface area contributed by atoms with E-state index in [0.717, 1.165) is 0 Å². The number of anilines is 2. The van der Waals surface area contributed by atoms with Gasteiger partial charge in [0, 0.05) is 11.1 Å². The number of benzene rings is 1. The molecule has 2 rings (SSSR count). The summed E-state index contributed by atoms with van der Waals surface area (Å²) >= 11 is 5.63. The van der Waals surface area contributed by atoms with Crippen LogP contribution in [0.2, 0.25) is 0 Å². The van der Waals surface area contributed by atoms with E-state index in [1.54, 1.807) is 12.1 Å². The summed E-state index contributed by atoms with van der Waals surface area (Å²) in [6.07, 6.45) is 0. The third-order valence-corrected chi connectivity index (χ3v) is 2.20. The van der Waals surface area contributed by atoms with Gasteiger partial charge >= 0.3 is 5.76 Å². The van der Waals surface area contributed by atoms with Crippen molar-refractivity contribution in [3.05, 3.63) is 34.3 Å². The highest BCUT2D eigenvalue weighted by Crippen LogP contribution is 2.24. The molecule has 0 bridgehead atoms. The van der Waals surface area contributed by atoms with E-state index in [0.29, 0.717) is 34.1 Å². The van der Waals surface area contributed by atoms with Crippen molar-refractivity contribution in [2.24, 2.45) is 0 Å². The summed E-state index contributed by atoms with van der Waals surface area (Å²) in [5.41, 5.74) is 7.94. The number of H-pyrrole nitrogens is 1. The van der Waals surface area contributed by atoms with Crippen LogP contribution >= 0.6 is 11.6 Å². The smallest absolute Gasteiger partial charge is 0.408 e. The maximum absolute atomic E-state index is 11.0. The van der Waals surface area contributed by atoms with Gasteiger partial charge in [0.1, 0.15) is 0 Å². The van der Waals surface area contributed by atoms with Crippen molar-refractivity contribution in [3.63, 3.8) is 0 Å². The number of hydrogen-bond acceptors (Lipinski definition) is 4. The summed E-state index contributed by atoms with van der Waals surface area (Å²) in [5, 5.41) is 3.47. The summed E-state index contributed by atoms with van der Waals surface area (Å²) in [6.45, 7) is 3.95. The summed E-state index contributed by atoms with van der Waals surface area (Å²) < 4.78 is 4.87. The Balaban J connectivity index is 2.41. The number of aromatic nitrogens is 1. The quantitative estimate of drug-likeness (QED) is 0.714. The first-order valence-electron chi connectivity index (χ1n) is 4.56. The molecule has 0 saturated heterocycles. The van der Waals surface area contributed by atoms with Crippen molar-refractivity contribution in [1.82, 2.24) is 4.98 Å². The maximum Gasteiger partial charge on any atom is 0.417 e. The molecule has 0 aliphatic heterocycles. The Morgan fingerprint density at radius 1 is 1.62 bits per heavy atom. The molecule has 6 heteroatoms. The van der Waals surface area contributed by atoms with E-state index in [9.17, 15) is 4.79 Å². The monoisotopic (exact) mass is 239 g/mol. The number of nitrogens with two attached hydrogens (primary N) is 1. The first-order chi connectivity index (χ1) is 7.56. The number of nitrogen functional groups attached to an aromatic ring is 1. The molecule has 0 radical (unpaired) electrons. The largest absolute Gasteiger partial charge is 0.417 e. The van der Waals surface area contributed by atoms with Gasteiger partial charge in [-0.15, -0.1) is 0 Å². The second kappa shape index (κ2) is 3.94. The van der Waals surface area contributed by atoms with Crippen molar-refractivity contribution < 1.29 is 4.42 Å². The standard InChI is InChI=1S/C10H10ClN3O2/c1-5(11)4-13-7-3-8-9(2-6(7)12)16-10(15)14-8/h2-3,13H,1,4,12H2,(H,14,15). The third kappa shape index (κ3) is 2.04. The van der Waals surface area contributed by atoms with Gasteiger partial charge in [0.25, 0.3) is 0 Å². The fourth-order valence-electron chi connectivity index (χ4n) is 1.36. The fraction of sp³-hybridized carbons (Fsp3) is 0.100. The van der Waals surface area contributed by atoms with Gasteiger partial charge in [-0.3, -0.25) is 4.98 Å². The molecule has 0 unspecified atom stereocenters. The van der Waals surface area contributed by atoms with E-state index in [1.165, 1.54) is 0 Å². The van der Waals surface area contributed by atoms with Crippen molar-refractivity contribution in [2.45, 2.75) is 0 Å². The number of hydrogen-bond donors (Lipinski definition) is 3. The Morgan fingerprint density at radius 2 is 2.38 bits per heavy atom. The van der Waals surface area contributed by atoms with Crippen molar-refractivity contribution >= 4 is 34.1 Å². The Kier molecular flexibility index (Phi) is 2.62. The van der Waals surface area contributed by atoms with Crippen LogP contribution in [0.15, 0.2) is 33.0 Å². The van der Waals surface area contributed by atoms with Gasteiger partial charge < -0.3 is 15.5 Å². The van der Waals surface area contributed by atoms with Crippen LogP contribution in [0.25, 0.3) is 11.1 Å². The van der Waals surface area contributed by atoms with Crippen LogP contribution in [0.1, 0.15) is 0 Å². The molecule has 5 nitrogen and oxygen atoms in total. The number of nitrogens with one attached hydrogen (secondary N) is 2. The number of rotatable bonds is 3. The molecule has 0 aliphatic rings. The molecule has 2 aromatic rings. The van der Waals surface area contributed by atoms with Crippen LogP contribution in [0.5, 0.6) is 0 Å². The topological polar surface area (TPSA) is 84.0 Å². The van der Waals surface area contributed by atoms with Crippen molar-refractivity contribution in [3.8, 4) is 0 Å². The predicted molar refractivity (Wildman–Crippen MR) is 64.7 cm³/mol. The van der Waals surface area contributed by atoms with Crippen LogP contribution in [-0.2, 0) is 0 Å². The molecular weight excluding hydrogens is 230 g/mol. The van der Waals surface area contributed by atoms with Gasteiger partial charge in [-0.05, 0) is 6.07 Å². The first-order valence-corrected chi connectivity index (χ1v) is 4.93. The molecule has 1 heterocycles. The molecule has 0 aliphatic carbocycles. The Hall–Kier alpha value is -1.88. The highest BCUT2D eigenvalue weighted by molar-refractivity contribution is 6.29. The number of aromatic amines is 1. The van der Waals surface area contributed by atoms with Crippen molar-refractivity contribution in [2.75, 3.05) is 17.6 Å². The minimum atomic E-state index is -0.506. The lowest BCUT2D eigenvalue weighted by Crippen LogP contribution is -2.03. The maximum atomic E-state index is 11.0. The molecule has 4 N–H and O–H groups in total. The zero-order valence-corrected chi connectivity index (χ0v) is 9.10. The lowest BCUT2D eigenvalue weighted by atomic mass is 10.2. The van der Waals surface area contributed by atoms with Gasteiger partial charge in [0.2, 0.25) is 0 Å². The lowest BCUT2D eigenvalue weighted by Gasteiger charge is -2.07. The minimum Gasteiger partial charge on any atom is -0.408 e. The molecule has 84 valence electrons. The van der Waals surface area contributed by atoms with E-state index in [2.05, 4.69) is 16.9 Å². The van der Waals surface area contributed by atoms with Gasteiger partial charge in [0.15, 0.2) is 5.58 Å². The van der Waals surface area contributed by atoms with Gasteiger partial charge in [0.05, 0.1) is 23.4 Å². The molecule has 0 saturated carbocycles. The molecule has 1 aromatic carbocycles. The first kappa shape index (κ1) is 10.6. The SMILES string of the molecule is C=C(Cl)CNc1cc2[nH]c(=O)oc2cc1N. The summed E-state index contributed by atoms with van der Waals surface area (Å²) in [5.74, 6) is -0.506. The van der Waals surface area contributed by atoms with E-state index in [-0.39, 0.29) is 0 Å². The van der Waals surface area contributed by atoms with Gasteiger partial charge in [-0.1, -0.05) is 18.2 Å². The van der Waals surface area contributed by atoms with Crippen LogP contribution in [0, 0.1) is 0 Å². The highest BCUT2D eigenvalue weighted by atomic mass is 35.5. The molecule has 0 amide bonds. The fourth-order valence-corrected chi connectivity index (χ4v) is 1.42. The Morgan fingerprint density at radius 3 is 3.06 bits per heavy atom. The van der Waals surface area contributed by atoms with E-state index in [1.807, 2.05) is 0 Å². The van der Waals surface area contributed by atoms with Crippen LogP contribution in [0.3, 0.4) is 0 Å². The number of halogens is 1. The normalized spacial score (nSPS) is 10.6. The van der Waals surface area contributed by atoms with Crippen LogP contribution < -0.4 is 16.8 Å². The lowest BCUT2D eigenvalue weighted by molar-refractivity contribution is 0.555. The average molecular weight is 240 g/mol. The second-order valence-corrected chi connectivity index (χ2v) is 3.86. The van der Waals surface area contributed by atoms with Gasteiger partial charge in [-0.25, -0.2) is 4.79 Å². The molecule has 16 heavy (non-hydrogen) atoms. The van der Waals surface area contributed by atoms with Crippen molar-refractivity contribution in [1.29, 1.82) is 0 Å². The van der Waals surface area contributed by atoms with Gasteiger partial charge in [-0.2, -0.15) is 0 Å². The van der Waals surface area contributed by atoms with Crippen LogP contribution in [0.4, 0.5) is 11.4 Å². The zero-order chi connectivity index (χ0) is 11.7. The molecular formula is C10H10ClN3O2. The number of fused-ring (bicyclic) bond motifs is 1. The summed E-state index contributed by atoms with van der Waals surface area (Å²) in [7, 11) is 0. The van der Waals surface area contributed by atoms with E-state index < -0.39 is 5.76 Å². The molecule has 0 atom stereocenters. The zero-order valence-electron chi connectivity index (χ0n) is 8.34. The third-order valence-electron chi connectivity index (χ3n) is 2.06. The predicted octanol–water partition coefficient (Wildman–Crippen LogP) is 1.87. The Bertz CT molecular complexity index is 600. The molecule has 0 fully saturated rings. The summed E-state index contributed by atoms with van der Waals surface area (Å²) in [4.78, 5) is 13.5. The molecule has 0 spiro atoms.